The summed E-state index contributed by atoms with van der Waals surface area (Å²) in [5, 5.41) is 5.80. The van der Waals surface area contributed by atoms with E-state index in [1.165, 1.54) is 25.4 Å². The highest BCUT2D eigenvalue weighted by Crippen LogP contribution is 2.56. The molecule has 0 N–H and O–H groups in total. The predicted octanol–water partition coefficient (Wildman–Crippen LogP) is 4.11. The summed E-state index contributed by atoms with van der Waals surface area (Å²) in [4.78, 5) is 14.8. The van der Waals surface area contributed by atoms with Crippen LogP contribution in [-0.4, -0.2) is 62.3 Å². The normalized spacial score (nSPS) is 13.6. The Hall–Kier alpha value is -3.44. The molecule has 0 amide bonds. The zero-order valence-electron chi connectivity index (χ0n) is 17.5. The lowest BCUT2D eigenvalue weighted by molar-refractivity contribution is -0.400. The van der Waals surface area contributed by atoms with Crippen LogP contribution in [0.1, 0.15) is 12.6 Å². The molecular formula is C18H11F9N6O2S. The van der Waals surface area contributed by atoms with Crippen LogP contribution in [0.4, 0.5) is 39.5 Å². The molecule has 36 heavy (non-hydrogen) atoms. The van der Waals surface area contributed by atoms with Gasteiger partial charge in [-0.15, -0.1) is 10.2 Å². The fourth-order valence-electron chi connectivity index (χ4n) is 2.62. The average molecular weight is 546 g/mol. The van der Waals surface area contributed by atoms with Crippen LogP contribution in [0.15, 0.2) is 41.7 Å². The van der Waals surface area contributed by atoms with Crippen molar-refractivity contribution in [1.29, 1.82) is 0 Å². The van der Waals surface area contributed by atoms with E-state index >= 15 is 0 Å². The Morgan fingerprint density at radius 1 is 0.806 bits per heavy atom. The molecule has 0 unspecified atom stereocenters. The van der Waals surface area contributed by atoms with Gasteiger partial charge in [0.05, 0.1) is 11.9 Å². The number of alkyl halides is 9. The van der Waals surface area contributed by atoms with Gasteiger partial charge in [0.15, 0.2) is 21.5 Å². The molecule has 0 aromatic carbocycles. The Morgan fingerprint density at radius 3 is 1.92 bits per heavy atom. The van der Waals surface area contributed by atoms with Gasteiger partial charge in [-0.25, -0.2) is 28.4 Å². The predicted molar refractivity (Wildman–Crippen MR) is 102 cm³/mol. The van der Waals surface area contributed by atoms with Gasteiger partial charge in [0.1, 0.15) is 22.0 Å². The van der Waals surface area contributed by atoms with E-state index in [1.54, 1.807) is 0 Å². The van der Waals surface area contributed by atoms with Gasteiger partial charge in [-0.05, 0) is 18.2 Å². The van der Waals surface area contributed by atoms with Crippen LogP contribution < -0.4 is 0 Å². The lowest BCUT2D eigenvalue weighted by Crippen LogP contribution is -2.59. The van der Waals surface area contributed by atoms with Gasteiger partial charge in [-0.2, -0.15) is 39.5 Å². The van der Waals surface area contributed by atoms with Crippen LogP contribution in [0.2, 0.25) is 0 Å². The Balaban J connectivity index is 2.13. The van der Waals surface area contributed by atoms with Crippen LogP contribution in [0, 0.1) is 0 Å². The van der Waals surface area contributed by atoms with Gasteiger partial charge in [0, 0.05) is 12.4 Å². The summed E-state index contributed by atoms with van der Waals surface area (Å²) in [7, 11) is -4.10. The second-order valence-electron chi connectivity index (χ2n) is 6.91. The van der Waals surface area contributed by atoms with Gasteiger partial charge in [0.25, 0.3) is 0 Å². The first kappa shape index (κ1) is 27.2. The van der Waals surface area contributed by atoms with Crippen molar-refractivity contribution in [2.24, 2.45) is 0 Å². The molecule has 8 nitrogen and oxygen atoms in total. The largest absolute Gasteiger partial charge is 0.460 e. The summed E-state index contributed by atoms with van der Waals surface area (Å²) < 4.78 is 144. The van der Waals surface area contributed by atoms with Crippen molar-refractivity contribution in [3.05, 3.63) is 42.5 Å². The highest BCUT2D eigenvalue weighted by Gasteiger charge is 2.82. The number of rotatable bonds is 7. The molecule has 3 aromatic heterocycles. The standard InChI is InChI=1S/C18H11F9N6O2S/c1-2-36(34,35)10-8-30-14(13-28-6-3-7-29-13)31-12(10)9-4-5-11(33-32-9)15(19,20)16(21,22)17(23,24)18(25,26)27/h3-8H,2H2,1H3. The summed E-state index contributed by atoms with van der Waals surface area (Å²) in [6.45, 7) is 1.24. The first-order valence-corrected chi connectivity index (χ1v) is 11.0. The molecule has 0 saturated heterocycles. The maximum Gasteiger partial charge on any atom is 0.460 e. The second kappa shape index (κ2) is 8.90. The van der Waals surface area contributed by atoms with Gasteiger partial charge < -0.3 is 0 Å². The topological polar surface area (TPSA) is 111 Å². The highest BCUT2D eigenvalue weighted by molar-refractivity contribution is 7.91. The Kier molecular flexibility index (Phi) is 6.71. The van der Waals surface area contributed by atoms with Crippen LogP contribution in [-0.2, 0) is 15.8 Å². The zero-order chi connectivity index (χ0) is 27.2. The summed E-state index contributed by atoms with van der Waals surface area (Å²) in [6.07, 6.45) is -3.62. The monoisotopic (exact) mass is 546 g/mol. The zero-order valence-corrected chi connectivity index (χ0v) is 18.3. The molecule has 0 aliphatic heterocycles. The molecule has 3 aromatic rings. The third-order valence-electron chi connectivity index (χ3n) is 4.61. The fourth-order valence-corrected chi connectivity index (χ4v) is 3.59. The maximum atomic E-state index is 14.1. The second-order valence-corrected chi connectivity index (χ2v) is 9.15. The summed E-state index contributed by atoms with van der Waals surface area (Å²) >= 11 is 0. The molecule has 0 aliphatic rings. The lowest BCUT2D eigenvalue weighted by atomic mass is 10.0. The van der Waals surface area contributed by atoms with Crippen LogP contribution in [0.25, 0.3) is 23.0 Å². The Morgan fingerprint density at radius 2 is 1.42 bits per heavy atom. The van der Waals surface area contributed by atoms with E-state index < -0.39 is 61.5 Å². The van der Waals surface area contributed by atoms with E-state index in [4.69, 9.17) is 0 Å². The number of sulfone groups is 1. The molecule has 18 heteroatoms. The van der Waals surface area contributed by atoms with Crippen LogP contribution >= 0.6 is 0 Å². The SMILES string of the molecule is CCS(=O)(=O)c1cnc(-c2ncccn2)nc1-c1ccc(C(F)(F)C(F)(F)C(F)(F)C(F)(F)F)nn1. The molecular weight excluding hydrogens is 535 g/mol. The van der Waals surface area contributed by atoms with E-state index in [-0.39, 0.29) is 17.7 Å². The van der Waals surface area contributed by atoms with E-state index in [1.807, 2.05) is 0 Å². The quantitative estimate of drug-likeness (QED) is 0.407. The summed E-state index contributed by atoms with van der Waals surface area (Å²) in [6, 6.07) is 1.87. The van der Waals surface area contributed by atoms with Gasteiger partial charge in [-0.1, -0.05) is 6.92 Å². The molecule has 0 aliphatic carbocycles. The first-order valence-electron chi connectivity index (χ1n) is 9.39. The number of nitrogens with zero attached hydrogens (tertiary/aromatic N) is 6. The van der Waals surface area contributed by atoms with Crippen LogP contribution in [0.5, 0.6) is 0 Å². The van der Waals surface area contributed by atoms with Crippen molar-refractivity contribution in [2.45, 2.75) is 35.8 Å². The first-order chi connectivity index (χ1) is 16.5. The van der Waals surface area contributed by atoms with E-state index in [2.05, 4.69) is 30.1 Å². The Labute approximate surface area is 195 Å². The van der Waals surface area contributed by atoms with Crippen molar-refractivity contribution in [2.75, 3.05) is 5.75 Å². The smallest absolute Gasteiger partial charge is 0.234 e. The van der Waals surface area contributed by atoms with Crippen LogP contribution in [0.3, 0.4) is 0 Å². The summed E-state index contributed by atoms with van der Waals surface area (Å²) in [5.74, 6) is -21.1. The molecule has 0 fully saturated rings. The van der Waals surface area contributed by atoms with Gasteiger partial charge >= 0.3 is 23.9 Å². The molecule has 0 radical (unpaired) electrons. The molecule has 3 rings (SSSR count). The highest BCUT2D eigenvalue weighted by atomic mass is 32.2. The minimum Gasteiger partial charge on any atom is -0.234 e. The molecule has 0 bridgehead atoms. The molecule has 3 heterocycles. The van der Waals surface area contributed by atoms with E-state index in [0.29, 0.717) is 6.07 Å². The number of aromatic nitrogens is 6. The molecule has 0 spiro atoms. The summed E-state index contributed by atoms with van der Waals surface area (Å²) in [5.41, 5.74) is -3.43. The van der Waals surface area contributed by atoms with Crippen molar-refractivity contribution >= 4 is 9.84 Å². The molecule has 0 atom stereocenters. The number of hydrogen-bond donors (Lipinski definition) is 0. The van der Waals surface area contributed by atoms with Crippen molar-refractivity contribution < 1.29 is 47.9 Å². The molecule has 0 saturated carbocycles. The number of halogens is 9. The minimum absolute atomic E-state index is 0.00809. The van der Waals surface area contributed by atoms with Crippen molar-refractivity contribution in [3.63, 3.8) is 0 Å². The third kappa shape index (κ3) is 4.44. The fraction of sp³-hybridized carbons (Fsp3) is 0.333. The molecule has 194 valence electrons. The van der Waals surface area contributed by atoms with Crippen molar-refractivity contribution in [1.82, 2.24) is 30.1 Å². The maximum absolute atomic E-state index is 14.1. The third-order valence-corrected chi connectivity index (χ3v) is 6.34. The lowest BCUT2D eigenvalue weighted by Gasteiger charge is -2.33. The van der Waals surface area contributed by atoms with Gasteiger partial charge in [-0.3, -0.25) is 0 Å². The van der Waals surface area contributed by atoms with E-state index in [0.717, 1.165) is 6.20 Å². The number of hydrogen-bond acceptors (Lipinski definition) is 8. The average Bonchev–Trinajstić information content (AvgIpc) is 2.83. The van der Waals surface area contributed by atoms with E-state index in [9.17, 15) is 47.9 Å². The van der Waals surface area contributed by atoms with Crippen molar-refractivity contribution in [3.8, 4) is 23.0 Å². The van der Waals surface area contributed by atoms with Gasteiger partial charge in [0.2, 0.25) is 0 Å². The minimum atomic E-state index is -7.12. The Bertz CT molecular complexity index is 1350.